The predicted molar refractivity (Wildman–Crippen MR) is 83.2 cm³/mol. The summed E-state index contributed by atoms with van der Waals surface area (Å²) in [6.45, 7) is 3.15. The molecule has 2 aliphatic rings. The Balaban J connectivity index is 1.41. The van der Waals surface area contributed by atoms with Crippen molar-refractivity contribution in [3.63, 3.8) is 0 Å². The Morgan fingerprint density at radius 1 is 1.24 bits per heavy atom. The van der Waals surface area contributed by atoms with Crippen LogP contribution < -0.4 is 10.1 Å². The Hall–Kier alpha value is -1.09. The average molecular weight is 291 g/mol. The summed E-state index contributed by atoms with van der Waals surface area (Å²) in [5.74, 6) is 1.64. The van der Waals surface area contributed by atoms with Gasteiger partial charge < -0.3 is 10.1 Å². The molecule has 2 nitrogen and oxygen atoms in total. The van der Waals surface area contributed by atoms with E-state index in [9.17, 15) is 4.39 Å². The normalized spacial score (nSPS) is 28.2. The number of ether oxygens (including phenoxy) is 1. The van der Waals surface area contributed by atoms with Gasteiger partial charge in [-0.05, 0) is 49.8 Å². The fraction of sp³-hybridized carbons (Fsp3) is 0.667. The molecule has 116 valence electrons. The third-order valence-corrected chi connectivity index (χ3v) is 4.94. The Kier molecular flexibility index (Phi) is 4.79. The molecule has 1 atom stereocenters. The van der Waals surface area contributed by atoms with Crippen molar-refractivity contribution in [2.24, 2.45) is 5.92 Å². The van der Waals surface area contributed by atoms with Crippen LogP contribution in [-0.4, -0.2) is 18.7 Å². The maximum absolute atomic E-state index is 13.2. The van der Waals surface area contributed by atoms with E-state index < -0.39 is 0 Å². The SMILES string of the molecule is CCCC1CCC(NCC2Cc3cc(F)ccc3O2)CC1. The minimum atomic E-state index is -0.166. The van der Waals surface area contributed by atoms with Gasteiger partial charge in [0.1, 0.15) is 17.7 Å². The first-order valence-electron chi connectivity index (χ1n) is 8.43. The average Bonchev–Trinajstić information content (AvgIpc) is 2.89. The highest BCUT2D eigenvalue weighted by atomic mass is 19.1. The van der Waals surface area contributed by atoms with Gasteiger partial charge in [0.25, 0.3) is 0 Å². The van der Waals surface area contributed by atoms with Crippen LogP contribution in [0.3, 0.4) is 0 Å². The van der Waals surface area contributed by atoms with Crippen LogP contribution in [0.5, 0.6) is 5.75 Å². The second-order valence-corrected chi connectivity index (χ2v) is 6.61. The van der Waals surface area contributed by atoms with Crippen molar-refractivity contribution in [2.75, 3.05) is 6.54 Å². The van der Waals surface area contributed by atoms with Crippen LogP contribution in [0.1, 0.15) is 51.0 Å². The van der Waals surface area contributed by atoms with Gasteiger partial charge in [-0.1, -0.05) is 19.8 Å². The Morgan fingerprint density at radius 2 is 2.05 bits per heavy atom. The first-order chi connectivity index (χ1) is 10.2. The zero-order chi connectivity index (χ0) is 14.7. The monoisotopic (exact) mass is 291 g/mol. The van der Waals surface area contributed by atoms with Crippen molar-refractivity contribution < 1.29 is 9.13 Å². The quantitative estimate of drug-likeness (QED) is 0.882. The molecule has 1 aliphatic carbocycles. The first-order valence-corrected chi connectivity index (χ1v) is 8.43. The summed E-state index contributed by atoms with van der Waals surface area (Å²) >= 11 is 0. The molecule has 3 heteroatoms. The summed E-state index contributed by atoms with van der Waals surface area (Å²) in [6.07, 6.45) is 9.00. The van der Waals surface area contributed by atoms with Gasteiger partial charge in [0.2, 0.25) is 0 Å². The van der Waals surface area contributed by atoms with E-state index in [-0.39, 0.29) is 11.9 Å². The maximum atomic E-state index is 13.2. The van der Waals surface area contributed by atoms with Gasteiger partial charge in [-0.3, -0.25) is 0 Å². The zero-order valence-corrected chi connectivity index (χ0v) is 12.9. The van der Waals surface area contributed by atoms with Crippen LogP contribution in [0.15, 0.2) is 18.2 Å². The van der Waals surface area contributed by atoms with E-state index in [1.807, 2.05) is 0 Å². The lowest BCUT2D eigenvalue weighted by atomic mass is 9.83. The van der Waals surface area contributed by atoms with Gasteiger partial charge in [0.15, 0.2) is 0 Å². The molecule has 1 aromatic carbocycles. The lowest BCUT2D eigenvalue weighted by molar-refractivity contribution is 0.205. The van der Waals surface area contributed by atoms with Crippen LogP contribution in [0.2, 0.25) is 0 Å². The molecule has 1 fully saturated rings. The molecule has 1 aromatic rings. The summed E-state index contributed by atoms with van der Waals surface area (Å²) in [7, 11) is 0. The highest BCUT2D eigenvalue weighted by Gasteiger charge is 2.25. The molecule has 1 saturated carbocycles. The largest absolute Gasteiger partial charge is 0.488 e. The summed E-state index contributed by atoms with van der Waals surface area (Å²) in [5, 5.41) is 3.66. The molecule has 3 rings (SSSR count). The van der Waals surface area contributed by atoms with E-state index in [1.54, 1.807) is 12.1 Å². The maximum Gasteiger partial charge on any atom is 0.123 e. The summed E-state index contributed by atoms with van der Waals surface area (Å²) in [5.41, 5.74) is 1.01. The second kappa shape index (κ2) is 6.78. The van der Waals surface area contributed by atoms with Crippen LogP contribution in [0, 0.1) is 11.7 Å². The second-order valence-electron chi connectivity index (χ2n) is 6.61. The number of halogens is 1. The molecule has 1 heterocycles. The van der Waals surface area contributed by atoms with Gasteiger partial charge >= 0.3 is 0 Å². The predicted octanol–water partition coefficient (Wildman–Crippen LogP) is 4.08. The summed E-state index contributed by atoms with van der Waals surface area (Å²) in [4.78, 5) is 0. The van der Waals surface area contributed by atoms with Crippen molar-refractivity contribution in [1.82, 2.24) is 5.32 Å². The molecule has 1 aliphatic heterocycles. The van der Waals surface area contributed by atoms with Gasteiger partial charge in [-0.15, -0.1) is 0 Å². The molecular formula is C18H26FNO. The highest BCUT2D eigenvalue weighted by molar-refractivity contribution is 5.37. The standard InChI is InChI=1S/C18H26FNO/c1-2-3-13-4-7-16(8-5-13)20-12-17-11-14-10-15(19)6-9-18(14)21-17/h6,9-10,13,16-17,20H,2-5,7-8,11-12H2,1H3. The van der Waals surface area contributed by atoms with E-state index in [0.29, 0.717) is 6.04 Å². The van der Waals surface area contributed by atoms with Gasteiger partial charge in [0.05, 0.1) is 0 Å². The number of fused-ring (bicyclic) bond motifs is 1. The molecule has 0 spiro atoms. The molecule has 21 heavy (non-hydrogen) atoms. The minimum absolute atomic E-state index is 0.162. The Bertz CT molecular complexity index is 468. The lowest BCUT2D eigenvalue weighted by Gasteiger charge is -2.29. The van der Waals surface area contributed by atoms with E-state index in [2.05, 4.69) is 12.2 Å². The van der Waals surface area contributed by atoms with Crippen molar-refractivity contribution in [1.29, 1.82) is 0 Å². The number of rotatable bonds is 5. The van der Waals surface area contributed by atoms with Crippen molar-refractivity contribution in [2.45, 2.75) is 64.0 Å². The Labute approximate surface area is 127 Å². The Morgan fingerprint density at radius 3 is 2.81 bits per heavy atom. The number of benzene rings is 1. The molecular weight excluding hydrogens is 265 g/mol. The number of hydrogen-bond acceptors (Lipinski definition) is 2. The van der Waals surface area contributed by atoms with Gasteiger partial charge in [-0.25, -0.2) is 4.39 Å². The van der Waals surface area contributed by atoms with Crippen LogP contribution in [0.25, 0.3) is 0 Å². The van der Waals surface area contributed by atoms with Crippen LogP contribution in [-0.2, 0) is 6.42 Å². The minimum Gasteiger partial charge on any atom is -0.488 e. The summed E-state index contributed by atoms with van der Waals surface area (Å²) in [6, 6.07) is 5.47. The van der Waals surface area contributed by atoms with Crippen LogP contribution >= 0.6 is 0 Å². The fourth-order valence-electron chi connectivity index (χ4n) is 3.76. The molecule has 1 unspecified atom stereocenters. The number of nitrogens with one attached hydrogen (secondary N) is 1. The van der Waals surface area contributed by atoms with Gasteiger partial charge in [0, 0.05) is 24.6 Å². The first kappa shape index (κ1) is 14.8. The highest BCUT2D eigenvalue weighted by Crippen LogP contribution is 2.30. The van der Waals surface area contributed by atoms with Gasteiger partial charge in [-0.2, -0.15) is 0 Å². The third kappa shape index (κ3) is 3.76. The molecule has 1 N–H and O–H groups in total. The van der Waals surface area contributed by atoms with E-state index >= 15 is 0 Å². The van der Waals surface area contributed by atoms with Crippen LogP contribution in [0.4, 0.5) is 4.39 Å². The van der Waals surface area contributed by atoms with E-state index in [4.69, 9.17) is 4.74 Å². The topological polar surface area (TPSA) is 21.3 Å². The third-order valence-electron chi connectivity index (χ3n) is 4.94. The molecule has 0 bridgehead atoms. The smallest absolute Gasteiger partial charge is 0.123 e. The van der Waals surface area contributed by atoms with Crippen molar-refractivity contribution >= 4 is 0 Å². The molecule has 0 amide bonds. The zero-order valence-electron chi connectivity index (χ0n) is 12.9. The number of hydrogen-bond donors (Lipinski definition) is 1. The fourth-order valence-corrected chi connectivity index (χ4v) is 3.76. The van der Waals surface area contributed by atoms with E-state index in [1.165, 1.54) is 44.6 Å². The molecule has 0 saturated heterocycles. The van der Waals surface area contributed by atoms with E-state index in [0.717, 1.165) is 30.2 Å². The lowest BCUT2D eigenvalue weighted by Crippen LogP contribution is -2.39. The summed E-state index contributed by atoms with van der Waals surface area (Å²) < 4.78 is 19.1. The van der Waals surface area contributed by atoms with Crippen molar-refractivity contribution in [3.8, 4) is 5.75 Å². The molecule has 0 aromatic heterocycles. The van der Waals surface area contributed by atoms with Crippen molar-refractivity contribution in [3.05, 3.63) is 29.6 Å². The molecule has 0 radical (unpaired) electrons.